The number of hydrogen-bond donors (Lipinski definition) is 0. The molecule has 0 saturated carbocycles. The molecule has 0 fully saturated rings. The minimum absolute atomic E-state index is 0.647. The van der Waals surface area contributed by atoms with Crippen molar-refractivity contribution in [2.75, 3.05) is 6.61 Å². The molecule has 0 aliphatic carbocycles. The van der Waals surface area contributed by atoms with Crippen molar-refractivity contribution in [1.29, 1.82) is 0 Å². The Morgan fingerprint density at radius 3 is 2.92 bits per heavy atom. The summed E-state index contributed by atoms with van der Waals surface area (Å²) in [7, 11) is 0. The van der Waals surface area contributed by atoms with Gasteiger partial charge in [-0.05, 0) is 31.2 Å². The predicted octanol–water partition coefficient (Wildman–Crippen LogP) is 3.08. The molecule has 0 aliphatic rings. The molecule has 2 heteroatoms. The van der Waals surface area contributed by atoms with Crippen LogP contribution in [-0.2, 0) is 0 Å². The Balaban J connectivity index is 2.96. The van der Waals surface area contributed by atoms with Gasteiger partial charge in [0, 0.05) is 10.6 Å². The summed E-state index contributed by atoms with van der Waals surface area (Å²) in [6, 6.07) is 5.42. The first-order valence-corrected chi connectivity index (χ1v) is 4.11. The summed E-state index contributed by atoms with van der Waals surface area (Å²) in [6.45, 7) is 6.12. The van der Waals surface area contributed by atoms with Gasteiger partial charge < -0.3 is 4.74 Å². The molecular weight excluding hydrogens is 172 g/mol. The van der Waals surface area contributed by atoms with Crippen molar-refractivity contribution in [3.8, 4) is 5.75 Å². The van der Waals surface area contributed by atoms with Crippen LogP contribution in [0.5, 0.6) is 5.75 Å². The van der Waals surface area contributed by atoms with Crippen molar-refractivity contribution in [1.82, 2.24) is 0 Å². The molecule has 1 nitrogen and oxygen atoms in total. The minimum Gasteiger partial charge on any atom is -0.494 e. The van der Waals surface area contributed by atoms with E-state index in [-0.39, 0.29) is 0 Å². The highest BCUT2D eigenvalue weighted by atomic mass is 35.5. The van der Waals surface area contributed by atoms with Gasteiger partial charge in [-0.1, -0.05) is 18.2 Å². The molecule has 0 amide bonds. The maximum atomic E-state index is 5.84. The Hall–Kier alpha value is -0.950. The molecule has 0 N–H and O–H groups in total. The summed E-state index contributed by atoms with van der Waals surface area (Å²) in [4.78, 5) is 0. The molecule has 12 heavy (non-hydrogen) atoms. The van der Waals surface area contributed by atoms with E-state index in [1.54, 1.807) is 6.07 Å². The maximum Gasteiger partial charge on any atom is 0.119 e. The van der Waals surface area contributed by atoms with E-state index in [1.807, 2.05) is 19.1 Å². The molecule has 1 aromatic carbocycles. The monoisotopic (exact) mass is 181 g/mol. The van der Waals surface area contributed by atoms with Crippen LogP contribution in [0.25, 0.3) is 0 Å². The molecule has 0 unspecified atom stereocenters. The summed E-state index contributed by atoms with van der Waals surface area (Å²) in [5.74, 6) is 0.799. The predicted molar refractivity (Wildman–Crippen MR) is 50.6 cm³/mol. The molecule has 0 bridgehead atoms. The molecule has 1 rings (SSSR count). The average molecular weight is 182 g/mol. The van der Waals surface area contributed by atoms with E-state index < -0.39 is 0 Å². The van der Waals surface area contributed by atoms with Crippen LogP contribution >= 0.6 is 11.6 Å². The molecule has 0 aliphatic heterocycles. The maximum absolute atomic E-state index is 5.84. The van der Waals surface area contributed by atoms with E-state index in [2.05, 4.69) is 12.7 Å². The van der Waals surface area contributed by atoms with Crippen LogP contribution in [0.3, 0.4) is 0 Å². The third-order valence-electron chi connectivity index (χ3n) is 1.44. The Morgan fingerprint density at radius 1 is 1.58 bits per heavy atom. The highest BCUT2D eigenvalue weighted by Crippen LogP contribution is 2.21. The van der Waals surface area contributed by atoms with Gasteiger partial charge in [0.2, 0.25) is 0 Å². The first kappa shape index (κ1) is 9.14. The van der Waals surface area contributed by atoms with E-state index in [0.717, 1.165) is 11.3 Å². The topological polar surface area (TPSA) is 9.23 Å². The lowest BCUT2D eigenvalue weighted by atomic mass is 10.2. The van der Waals surface area contributed by atoms with Crippen molar-refractivity contribution in [2.24, 2.45) is 0 Å². The smallest absolute Gasteiger partial charge is 0.119 e. The van der Waals surface area contributed by atoms with Gasteiger partial charge in [-0.15, -0.1) is 0 Å². The standard InChI is InChI=1S/C10H10ClO/c1-3-8-7-9(12-4-2)5-6-10(8)11/h5-7H,1,4H2,2H3. The number of halogens is 1. The van der Waals surface area contributed by atoms with Crippen molar-refractivity contribution in [3.63, 3.8) is 0 Å². The molecule has 0 spiro atoms. The Morgan fingerprint density at radius 2 is 2.33 bits per heavy atom. The second-order valence-electron chi connectivity index (χ2n) is 2.25. The normalized spacial score (nSPS) is 9.50. The first-order chi connectivity index (χ1) is 5.77. The van der Waals surface area contributed by atoms with Crippen LogP contribution in [0.4, 0.5) is 0 Å². The van der Waals surface area contributed by atoms with Crippen LogP contribution in [0.15, 0.2) is 24.8 Å². The zero-order valence-electron chi connectivity index (χ0n) is 6.93. The summed E-state index contributed by atoms with van der Waals surface area (Å²) in [5.41, 5.74) is 0.780. The highest BCUT2D eigenvalue weighted by molar-refractivity contribution is 6.31. The number of rotatable bonds is 3. The molecule has 63 valence electrons. The fourth-order valence-electron chi connectivity index (χ4n) is 0.896. The molecule has 1 radical (unpaired) electrons. The minimum atomic E-state index is 0.647. The lowest BCUT2D eigenvalue weighted by Crippen LogP contribution is -1.91. The summed E-state index contributed by atoms with van der Waals surface area (Å²) in [6.07, 6.45) is 2.73. The van der Waals surface area contributed by atoms with Gasteiger partial charge in [0.15, 0.2) is 0 Å². The zero-order valence-corrected chi connectivity index (χ0v) is 7.69. The van der Waals surface area contributed by atoms with Crippen LogP contribution < -0.4 is 4.74 Å². The second-order valence-corrected chi connectivity index (χ2v) is 2.66. The van der Waals surface area contributed by atoms with Gasteiger partial charge in [0.05, 0.1) is 6.61 Å². The van der Waals surface area contributed by atoms with Crippen LogP contribution in [-0.4, -0.2) is 6.61 Å². The average Bonchev–Trinajstić information content (AvgIpc) is 2.09. The van der Waals surface area contributed by atoms with Crippen LogP contribution in [0.1, 0.15) is 12.5 Å². The summed E-state index contributed by atoms with van der Waals surface area (Å²) in [5, 5.41) is 0.647. The Kier molecular flexibility index (Phi) is 3.18. The molecule has 0 atom stereocenters. The third kappa shape index (κ3) is 2.02. The van der Waals surface area contributed by atoms with Gasteiger partial charge in [0.25, 0.3) is 0 Å². The van der Waals surface area contributed by atoms with Gasteiger partial charge in [-0.25, -0.2) is 0 Å². The van der Waals surface area contributed by atoms with E-state index in [9.17, 15) is 0 Å². The third-order valence-corrected chi connectivity index (χ3v) is 1.77. The van der Waals surface area contributed by atoms with Gasteiger partial charge in [-0.2, -0.15) is 0 Å². The lowest BCUT2D eigenvalue weighted by Gasteiger charge is -2.04. The van der Waals surface area contributed by atoms with Crippen molar-refractivity contribution < 1.29 is 4.74 Å². The molecule has 1 aromatic rings. The van der Waals surface area contributed by atoms with Crippen LogP contribution in [0.2, 0.25) is 5.02 Å². The van der Waals surface area contributed by atoms with E-state index in [4.69, 9.17) is 16.3 Å². The number of benzene rings is 1. The Bertz CT molecular complexity index is 281. The zero-order chi connectivity index (χ0) is 8.97. The second kappa shape index (κ2) is 4.17. The Labute approximate surface area is 77.6 Å². The number of hydrogen-bond acceptors (Lipinski definition) is 1. The fourth-order valence-corrected chi connectivity index (χ4v) is 1.08. The van der Waals surface area contributed by atoms with E-state index in [1.165, 1.54) is 0 Å². The summed E-state index contributed by atoms with van der Waals surface area (Å²) < 4.78 is 5.28. The summed E-state index contributed by atoms with van der Waals surface area (Å²) >= 11 is 5.84. The quantitative estimate of drug-likeness (QED) is 0.697. The van der Waals surface area contributed by atoms with Gasteiger partial charge in [-0.3, -0.25) is 0 Å². The fraction of sp³-hybridized carbons (Fsp3) is 0.200. The van der Waals surface area contributed by atoms with Crippen LogP contribution in [0, 0.1) is 6.08 Å². The SMILES string of the molecule is C=[C]c1cc(OCC)ccc1Cl. The van der Waals surface area contributed by atoms with Crippen molar-refractivity contribution in [2.45, 2.75) is 6.92 Å². The lowest BCUT2D eigenvalue weighted by molar-refractivity contribution is 0.340. The number of ether oxygens (including phenoxy) is 1. The van der Waals surface area contributed by atoms with Crippen molar-refractivity contribution in [3.05, 3.63) is 41.4 Å². The molecular formula is C10H10ClO. The highest BCUT2D eigenvalue weighted by Gasteiger charge is 1.98. The molecule has 0 heterocycles. The van der Waals surface area contributed by atoms with Gasteiger partial charge >= 0.3 is 0 Å². The first-order valence-electron chi connectivity index (χ1n) is 3.73. The molecule has 0 aromatic heterocycles. The largest absolute Gasteiger partial charge is 0.494 e. The van der Waals surface area contributed by atoms with Crippen molar-refractivity contribution >= 4 is 11.6 Å². The van der Waals surface area contributed by atoms with E-state index >= 15 is 0 Å². The van der Waals surface area contributed by atoms with Gasteiger partial charge in [0.1, 0.15) is 5.75 Å². The molecule has 0 saturated heterocycles. The van der Waals surface area contributed by atoms with E-state index in [0.29, 0.717) is 11.6 Å².